The second kappa shape index (κ2) is 8.52. The van der Waals surface area contributed by atoms with Crippen molar-refractivity contribution in [3.05, 3.63) is 83.7 Å². The maximum Gasteiger partial charge on any atom is 0.254 e. The SMILES string of the molecule is COc1ccc(-c2ccc3c(c2)[C@@H]2[C@@H](CCN2C(=O)c2ccc(F)cc2)[C@@H](CO)N3C)cc1. The van der Waals surface area contributed by atoms with Crippen molar-refractivity contribution in [1.82, 2.24) is 4.90 Å². The minimum atomic E-state index is -0.361. The molecule has 0 bridgehead atoms. The van der Waals surface area contributed by atoms with Gasteiger partial charge in [0.1, 0.15) is 11.6 Å². The second-order valence-electron chi connectivity index (χ2n) is 8.77. The summed E-state index contributed by atoms with van der Waals surface area (Å²) >= 11 is 0. The number of nitrogens with zero attached hydrogens (tertiary/aromatic N) is 2. The number of likely N-dealkylation sites (tertiary alicyclic amines) is 1. The van der Waals surface area contributed by atoms with E-state index in [2.05, 4.69) is 23.1 Å². The molecule has 5 nitrogen and oxygen atoms in total. The Morgan fingerprint density at radius 3 is 2.42 bits per heavy atom. The molecule has 1 saturated heterocycles. The Balaban J connectivity index is 1.57. The van der Waals surface area contributed by atoms with Crippen LogP contribution in [-0.4, -0.2) is 49.3 Å². The number of aliphatic hydroxyl groups is 1. The highest BCUT2D eigenvalue weighted by atomic mass is 19.1. The van der Waals surface area contributed by atoms with Gasteiger partial charge in [0.2, 0.25) is 0 Å². The molecule has 3 atom stereocenters. The van der Waals surface area contributed by atoms with Crippen LogP contribution in [0.15, 0.2) is 66.7 Å². The van der Waals surface area contributed by atoms with E-state index in [1.54, 1.807) is 7.11 Å². The Morgan fingerprint density at radius 2 is 1.76 bits per heavy atom. The molecule has 33 heavy (non-hydrogen) atoms. The van der Waals surface area contributed by atoms with Crippen LogP contribution in [-0.2, 0) is 0 Å². The predicted molar refractivity (Wildman–Crippen MR) is 126 cm³/mol. The molecular weight excluding hydrogens is 419 g/mol. The molecule has 1 amide bonds. The van der Waals surface area contributed by atoms with E-state index in [9.17, 15) is 14.3 Å². The molecule has 6 heteroatoms. The molecule has 2 aliphatic rings. The lowest BCUT2D eigenvalue weighted by molar-refractivity contribution is 0.0694. The number of hydrogen-bond donors (Lipinski definition) is 1. The van der Waals surface area contributed by atoms with Crippen LogP contribution >= 0.6 is 0 Å². The van der Waals surface area contributed by atoms with E-state index in [0.717, 1.165) is 34.5 Å². The van der Waals surface area contributed by atoms with Crippen molar-refractivity contribution in [3.63, 3.8) is 0 Å². The van der Waals surface area contributed by atoms with Crippen LogP contribution < -0.4 is 9.64 Å². The van der Waals surface area contributed by atoms with Crippen LogP contribution in [0.3, 0.4) is 0 Å². The van der Waals surface area contributed by atoms with Gasteiger partial charge in [-0.15, -0.1) is 0 Å². The van der Waals surface area contributed by atoms with Gasteiger partial charge in [0.25, 0.3) is 5.91 Å². The molecule has 3 aromatic rings. The second-order valence-corrected chi connectivity index (χ2v) is 8.77. The number of benzene rings is 3. The number of methoxy groups -OCH3 is 1. The number of ether oxygens (including phenoxy) is 1. The molecule has 3 aromatic carbocycles. The molecule has 0 spiro atoms. The van der Waals surface area contributed by atoms with Gasteiger partial charge in [-0.2, -0.15) is 0 Å². The van der Waals surface area contributed by atoms with Gasteiger partial charge >= 0.3 is 0 Å². The average Bonchev–Trinajstić information content (AvgIpc) is 3.29. The lowest BCUT2D eigenvalue weighted by Crippen LogP contribution is -2.48. The molecule has 170 valence electrons. The van der Waals surface area contributed by atoms with Crippen molar-refractivity contribution < 1.29 is 19.0 Å². The summed E-state index contributed by atoms with van der Waals surface area (Å²) in [6.07, 6.45) is 0.805. The largest absolute Gasteiger partial charge is 0.497 e. The Labute approximate surface area is 193 Å². The fourth-order valence-electron chi connectivity index (χ4n) is 5.40. The fraction of sp³-hybridized carbons (Fsp3) is 0.296. The van der Waals surface area contributed by atoms with Crippen molar-refractivity contribution in [3.8, 4) is 16.9 Å². The lowest BCUT2D eigenvalue weighted by atomic mass is 9.81. The summed E-state index contributed by atoms with van der Waals surface area (Å²) < 4.78 is 18.7. The number of amides is 1. The number of aliphatic hydroxyl groups excluding tert-OH is 1. The standard InChI is InChI=1S/C27H27FN2O3/c1-29-24-12-7-19(17-5-10-21(33-2)11-6-17)15-23(24)26-22(25(29)16-31)13-14-30(26)27(32)18-3-8-20(28)9-4-18/h3-12,15,22,25-26,31H,13-14,16H2,1-2H3/t22-,25+,26-/m0/s1. The lowest BCUT2D eigenvalue weighted by Gasteiger charge is -2.44. The maximum atomic E-state index is 13.4. The van der Waals surface area contributed by atoms with Gasteiger partial charge in [-0.05, 0) is 71.6 Å². The minimum Gasteiger partial charge on any atom is -0.497 e. The first-order valence-corrected chi connectivity index (χ1v) is 11.2. The number of hydrogen-bond acceptors (Lipinski definition) is 4. The van der Waals surface area contributed by atoms with Gasteiger partial charge in [-0.3, -0.25) is 4.79 Å². The van der Waals surface area contributed by atoms with E-state index in [4.69, 9.17) is 4.74 Å². The van der Waals surface area contributed by atoms with Gasteiger partial charge in [0.05, 0.1) is 25.8 Å². The smallest absolute Gasteiger partial charge is 0.254 e. The quantitative estimate of drug-likeness (QED) is 0.641. The molecule has 0 unspecified atom stereocenters. The highest BCUT2D eigenvalue weighted by Gasteiger charge is 2.47. The van der Waals surface area contributed by atoms with Gasteiger partial charge in [0.15, 0.2) is 0 Å². The molecule has 5 rings (SSSR count). The third kappa shape index (κ3) is 3.64. The topological polar surface area (TPSA) is 53.0 Å². The van der Waals surface area contributed by atoms with E-state index in [0.29, 0.717) is 12.1 Å². The van der Waals surface area contributed by atoms with Crippen molar-refractivity contribution in [2.24, 2.45) is 5.92 Å². The number of rotatable bonds is 4. The molecule has 0 aliphatic carbocycles. The summed E-state index contributed by atoms with van der Waals surface area (Å²) in [5.74, 6) is 0.446. The Morgan fingerprint density at radius 1 is 1.06 bits per heavy atom. The minimum absolute atomic E-state index is 0.0237. The van der Waals surface area contributed by atoms with Crippen LogP contribution in [0.4, 0.5) is 10.1 Å². The first kappa shape index (κ1) is 21.5. The van der Waals surface area contributed by atoms with Gasteiger partial charge in [0, 0.05) is 30.8 Å². The normalized spacial score (nSPS) is 21.5. The molecular formula is C27H27FN2O3. The number of carbonyl (C=O) groups is 1. The average molecular weight is 447 g/mol. The zero-order valence-electron chi connectivity index (χ0n) is 18.7. The first-order chi connectivity index (χ1) is 16.0. The van der Waals surface area contributed by atoms with Crippen molar-refractivity contribution in [2.45, 2.75) is 18.5 Å². The summed E-state index contributed by atoms with van der Waals surface area (Å²) in [6.45, 7) is 0.623. The Kier molecular flexibility index (Phi) is 5.54. The van der Waals surface area contributed by atoms with Crippen LogP contribution in [0.5, 0.6) is 5.75 Å². The van der Waals surface area contributed by atoms with Crippen LogP contribution in [0.25, 0.3) is 11.1 Å². The third-order valence-corrected chi connectivity index (χ3v) is 7.12. The maximum absolute atomic E-state index is 13.4. The monoisotopic (exact) mass is 446 g/mol. The van der Waals surface area contributed by atoms with Gasteiger partial charge < -0.3 is 19.6 Å². The van der Waals surface area contributed by atoms with E-state index < -0.39 is 0 Å². The highest BCUT2D eigenvalue weighted by Crippen LogP contribution is 2.49. The summed E-state index contributed by atoms with van der Waals surface area (Å²) in [5, 5.41) is 10.2. The first-order valence-electron chi connectivity index (χ1n) is 11.2. The molecule has 0 aromatic heterocycles. The van der Waals surface area contributed by atoms with Crippen LogP contribution in [0, 0.1) is 11.7 Å². The van der Waals surface area contributed by atoms with Crippen molar-refractivity contribution >= 4 is 11.6 Å². The Bertz CT molecular complexity index is 1160. The van der Waals surface area contributed by atoms with Gasteiger partial charge in [-0.1, -0.05) is 18.2 Å². The zero-order valence-corrected chi connectivity index (χ0v) is 18.7. The fourth-order valence-corrected chi connectivity index (χ4v) is 5.40. The van der Waals surface area contributed by atoms with E-state index >= 15 is 0 Å². The predicted octanol–water partition coefficient (Wildman–Crippen LogP) is 4.52. The number of fused-ring (bicyclic) bond motifs is 3. The number of carbonyl (C=O) groups excluding carboxylic acids is 1. The van der Waals surface area contributed by atoms with Crippen LogP contribution in [0.2, 0.25) is 0 Å². The molecule has 2 aliphatic heterocycles. The van der Waals surface area contributed by atoms with Crippen molar-refractivity contribution in [1.29, 1.82) is 0 Å². The molecule has 0 saturated carbocycles. The highest BCUT2D eigenvalue weighted by molar-refractivity contribution is 5.95. The summed E-state index contributed by atoms with van der Waals surface area (Å²) in [7, 11) is 3.65. The number of likely N-dealkylation sites (N-methyl/N-ethyl adjacent to an activating group) is 1. The van der Waals surface area contributed by atoms with E-state index in [1.165, 1.54) is 24.3 Å². The molecule has 0 radical (unpaired) electrons. The zero-order chi connectivity index (χ0) is 23.1. The van der Waals surface area contributed by atoms with Crippen LogP contribution in [0.1, 0.15) is 28.4 Å². The van der Waals surface area contributed by atoms with Gasteiger partial charge in [-0.25, -0.2) is 4.39 Å². The summed E-state index contributed by atoms with van der Waals surface area (Å²) in [4.78, 5) is 17.5. The van der Waals surface area contributed by atoms with Crippen molar-refractivity contribution in [2.75, 3.05) is 32.2 Å². The summed E-state index contributed by atoms with van der Waals surface area (Å²) in [6, 6.07) is 19.7. The molecule has 2 heterocycles. The molecule has 1 N–H and O–H groups in total. The Hall–Kier alpha value is -3.38. The number of anilines is 1. The van der Waals surface area contributed by atoms with E-state index in [1.807, 2.05) is 36.2 Å². The number of halogens is 1. The third-order valence-electron chi connectivity index (χ3n) is 7.12. The van der Waals surface area contributed by atoms with E-state index in [-0.39, 0.29) is 36.3 Å². The molecule has 1 fully saturated rings. The summed E-state index contributed by atoms with van der Waals surface area (Å²) in [5.41, 5.74) is 4.70.